The number of thioether (sulfide) groups is 1. The highest BCUT2D eigenvalue weighted by molar-refractivity contribution is 8.15. The van der Waals surface area contributed by atoms with Crippen LogP contribution in [0.15, 0.2) is 18.2 Å². The molecule has 1 unspecified atom stereocenters. The van der Waals surface area contributed by atoms with Gasteiger partial charge in [-0.25, -0.2) is 0 Å². The van der Waals surface area contributed by atoms with E-state index in [1.807, 2.05) is 6.07 Å². The summed E-state index contributed by atoms with van der Waals surface area (Å²) in [6.45, 7) is 0. The maximum Gasteiger partial charge on any atom is 0.286 e. The van der Waals surface area contributed by atoms with Crippen molar-refractivity contribution in [3.05, 3.63) is 29.3 Å². The number of carbonyl (C=O) groups is 2. The van der Waals surface area contributed by atoms with Crippen molar-refractivity contribution < 1.29 is 14.3 Å². The van der Waals surface area contributed by atoms with Gasteiger partial charge < -0.3 is 4.74 Å². The van der Waals surface area contributed by atoms with Crippen molar-refractivity contribution in [2.45, 2.75) is 62.2 Å². The van der Waals surface area contributed by atoms with Crippen molar-refractivity contribution in [3.8, 4) is 5.75 Å². The molecule has 122 valence electrons. The molecular weight excluding hydrogens is 310 g/mol. The Morgan fingerprint density at radius 3 is 2.65 bits per heavy atom. The van der Waals surface area contributed by atoms with Gasteiger partial charge in [0.05, 0.1) is 6.10 Å². The van der Waals surface area contributed by atoms with Crippen LogP contribution in [0.1, 0.15) is 55.6 Å². The Morgan fingerprint density at radius 2 is 1.91 bits per heavy atom. The Morgan fingerprint density at radius 1 is 1.09 bits per heavy atom. The molecule has 1 saturated carbocycles. The Hall–Kier alpha value is -1.49. The largest absolute Gasteiger partial charge is 0.490 e. The number of amides is 2. The highest BCUT2D eigenvalue weighted by atomic mass is 32.2. The third-order valence-corrected chi connectivity index (χ3v) is 6.29. The minimum absolute atomic E-state index is 0.139. The Bertz CT molecular complexity index is 639. The fourth-order valence-electron chi connectivity index (χ4n) is 4.02. The van der Waals surface area contributed by atoms with E-state index in [1.165, 1.54) is 30.4 Å². The van der Waals surface area contributed by atoms with Crippen molar-refractivity contribution in [3.63, 3.8) is 0 Å². The minimum atomic E-state index is -0.270. The van der Waals surface area contributed by atoms with Crippen LogP contribution in [0.2, 0.25) is 0 Å². The van der Waals surface area contributed by atoms with Crippen LogP contribution in [0.25, 0.3) is 0 Å². The van der Waals surface area contributed by atoms with Gasteiger partial charge in [-0.2, -0.15) is 0 Å². The first-order valence-corrected chi connectivity index (χ1v) is 9.39. The lowest BCUT2D eigenvalue weighted by atomic mass is 9.96. The predicted molar refractivity (Wildman–Crippen MR) is 89.9 cm³/mol. The zero-order valence-electron chi connectivity index (χ0n) is 13.0. The topological polar surface area (TPSA) is 55.4 Å². The molecule has 2 aliphatic carbocycles. The van der Waals surface area contributed by atoms with Crippen LogP contribution in [0.4, 0.5) is 4.79 Å². The van der Waals surface area contributed by atoms with Crippen molar-refractivity contribution in [1.82, 2.24) is 5.32 Å². The smallest absolute Gasteiger partial charge is 0.286 e. The number of rotatable bonds is 3. The van der Waals surface area contributed by atoms with Gasteiger partial charge in [-0.15, -0.1) is 0 Å². The summed E-state index contributed by atoms with van der Waals surface area (Å²) >= 11 is 1.14. The van der Waals surface area contributed by atoms with E-state index >= 15 is 0 Å². The first-order chi connectivity index (χ1) is 11.2. The highest BCUT2D eigenvalue weighted by Crippen LogP contribution is 2.43. The van der Waals surface area contributed by atoms with Crippen molar-refractivity contribution in [2.24, 2.45) is 0 Å². The summed E-state index contributed by atoms with van der Waals surface area (Å²) < 4.78 is 6.14. The molecule has 0 radical (unpaired) electrons. The van der Waals surface area contributed by atoms with Gasteiger partial charge in [-0.05, 0) is 61.8 Å². The average molecular weight is 331 g/mol. The first-order valence-electron chi connectivity index (χ1n) is 8.51. The van der Waals surface area contributed by atoms with Gasteiger partial charge in [0.25, 0.3) is 5.24 Å². The van der Waals surface area contributed by atoms with Crippen LogP contribution in [0.3, 0.4) is 0 Å². The summed E-state index contributed by atoms with van der Waals surface area (Å²) in [5, 5.41) is 1.91. The molecule has 4 nitrogen and oxygen atoms in total. The number of aryl methyl sites for hydroxylation is 1. The molecular formula is C18H21NO3S. The molecule has 0 aromatic heterocycles. The molecule has 0 spiro atoms. The van der Waals surface area contributed by atoms with Gasteiger partial charge in [0.15, 0.2) is 0 Å². The third-order valence-electron chi connectivity index (χ3n) is 5.18. The summed E-state index contributed by atoms with van der Waals surface area (Å²) in [5.41, 5.74) is 2.49. The molecule has 1 N–H and O–H groups in total. The Balaban J connectivity index is 1.50. The molecule has 1 aliphatic heterocycles. The van der Waals surface area contributed by atoms with Crippen molar-refractivity contribution in [1.29, 1.82) is 0 Å². The van der Waals surface area contributed by atoms with Gasteiger partial charge >= 0.3 is 0 Å². The molecule has 3 aliphatic rings. The number of carbonyl (C=O) groups excluding carboxylic acids is 2. The monoisotopic (exact) mass is 331 g/mol. The Labute approximate surface area is 140 Å². The number of nitrogens with one attached hydrogen (secondary N) is 1. The average Bonchev–Trinajstić information content (AvgIpc) is 3.10. The molecule has 2 fully saturated rings. The van der Waals surface area contributed by atoms with Crippen LogP contribution in [-0.2, 0) is 11.2 Å². The van der Waals surface area contributed by atoms with E-state index in [0.717, 1.165) is 43.2 Å². The molecule has 4 rings (SSSR count). The zero-order chi connectivity index (χ0) is 15.8. The SMILES string of the molecule is O=C1NC(=O)C([C@@H]2CCc3cc(OC4CCCCC4)ccc32)S1. The predicted octanol–water partition coefficient (Wildman–Crippen LogP) is 3.78. The fourth-order valence-corrected chi connectivity index (χ4v) is 5.03. The van der Waals surface area contributed by atoms with E-state index in [2.05, 4.69) is 17.4 Å². The van der Waals surface area contributed by atoms with Crippen LogP contribution in [-0.4, -0.2) is 22.5 Å². The lowest BCUT2D eigenvalue weighted by molar-refractivity contribution is -0.119. The van der Waals surface area contributed by atoms with E-state index in [9.17, 15) is 9.59 Å². The second-order valence-electron chi connectivity index (χ2n) is 6.70. The Kier molecular flexibility index (Phi) is 4.05. The molecule has 1 aromatic carbocycles. The molecule has 0 bridgehead atoms. The summed E-state index contributed by atoms with van der Waals surface area (Å²) in [6.07, 6.45) is 8.40. The van der Waals surface area contributed by atoms with Gasteiger partial charge in [-0.3, -0.25) is 14.9 Å². The molecule has 1 aromatic rings. The zero-order valence-corrected chi connectivity index (χ0v) is 13.9. The van der Waals surface area contributed by atoms with Crippen molar-refractivity contribution >= 4 is 22.9 Å². The lowest BCUT2D eigenvalue weighted by Crippen LogP contribution is -2.27. The van der Waals surface area contributed by atoms with Crippen LogP contribution >= 0.6 is 11.8 Å². The summed E-state index contributed by atoms with van der Waals surface area (Å²) in [6, 6.07) is 6.27. The van der Waals surface area contributed by atoms with E-state index in [0.29, 0.717) is 6.10 Å². The number of ether oxygens (including phenoxy) is 1. The maximum atomic E-state index is 11.9. The van der Waals surface area contributed by atoms with E-state index in [1.54, 1.807) is 0 Å². The fraction of sp³-hybridized carbons (Fsp3) is 0.556. The highest BCUT2D eigenvalue weighted by Gasteiger charge is 2.41. The summed E-state index contributed by atoms with van der Waals surface area (Å²) in [5.74, 6) is 0.960. The van der Waals surface area contributed by atoms with E-state index in [-0.39, 0.29) is 22.3 Å². The van der Waals surface area contributed by atoms with Gasteiger partial charge in [0.1, 0.15) is 11.0 Å². The van der Waals surface area contributed by atoms with Gasteiger partial charge in [0.2, 0.25) is 5.91 Å². The molecule has 1 saturated heterocycles. The van der Waals surface area contributed by atoms with Gasteiger partial charge in [0, 0.05) is 5.92 Å². The maximum absolute atomic E-state index is 11.9. The van der Waals surface area contributed by atoms with Crippen LogP contribution in [0.5, 0.6) is 5.75 Å². The lowest BCUT2D eigenvalue weighted by Gasteiger charge is -2.23. The number of benzene rings is 1. The molecule has 5 heteroatoms. The second-order valence-corrected chi connectivity index (χ2v) is 7.81. The summed E-state index contributed by atoms with van der Waals surface area (Å²) in [7, 11) is 0. The molecule has 2 atom stereocenters. The van der Waals surface area contributed by atoms with Crippen molar-refractivity contribution in [2.75, 3.05) is 0 Å². The standard InChI is InChI=1S/C18H21NO3S/c20-17-16(23-18(21)19-17)15-8-6-11-10-13(7-9-14(11)15)22-12-4-2-1-3-5-12/h7,9-10,12,15-16H,1-6,8H2,(H,19,20,21)/t15-,16?/m1/s1. The first kappa shape index (κ1) is 15.1. The van der Waals surface area contributed by atoms with Crippen LogP contribution < -0.4 is 10.1 Å². The summed E-state index contributed by atoms with van der Waals surface area (Å²) in [4.78, 5) is 23.4. The van der Waals surface area contributed by atoms with Gasteiger partial charge in [-0.1, -0.05) is 24.2 Å². The second kappa shape index (κ2) is 6.19. The quantitative estimate of drug-likeness (QED) is 0.916. The number of hydrogen-bond acceptors (Lipinski definition) is 4. The number of hydrogen-bond donors (Lipinski definition) is 1. The van der Waals surface area contributed by atoms with E-state index in [4.69, 9.17) is 4.74 Å². The minimum Gasteiger partial charge on any atom is -0.490 e. The molecule has 1 heterocycles. The van der Waals surface area contributed by atoms with Crippen LogP contribution in [0, 0.1) is 0 Å². The van der Waals surface area contributed by atoms with E-state index < -0.39 is 0 Å². The molecule has 23 heavy (non-hydrogen) atoms. The third kappa shape index (κ3) is 2.99. The number of imide groups is 1. The molecule has 2 amide bonds. The normalized spacial score (nSPS) is 27.8. The number of fused-ring (bicyclic) bond motifs is 1.